The molecule has 0 spiro atoms. The fourth-order valence-corrected chi connectivity index (χ4v) is 3.66. The molecule has 0 saturated carbocycles. The maximum Gasteiger partial charge on any atom is 0.0716 e. The van der Waals surface area contributed by atoms with Gasteiger partial charge >= 0.3 is 0 Å². The van der Waals surface area contributed by atoms with E-state index in [0.29, 0.717) is 6.61 Å². The van der Waals surface area contributed by atoms with E-state index in [9.17, 15) is 0 Å². The Hall–Kier alpha value is -1.38. The summed E-state index contributed by atoms with van der Waals surface area (Å²) in [7, 11) is 0. The number of benzene rings is 1. The molecule has 1 rings (SSSR count). The third kappa shape index (κ3) is 16.0. The van der Waals surface area contributed by atoms with E-state index in [2.05, 4.69) is 62.4 Å². The fourth-order valence-electron chi connectivity index (χ4n) is 3.66. The molecule has 1 unspecified atom stereocenters. The van der Waals surface area contributed by atoms with Crippen molar-refractivity contribution in [2.45, 2.75) is 104 Å². The van der Waals surface area contributed by atoms with Gasteiger partial charge in [-0.1, -0.05) is 107 Å². The van der Waals surface area contributed by atoms with E-state index < -0.39 is 0 Å². The van der Waals surface area contributed by atoms with Crippen LogP contribution in [-0.2, 0) is 11.3 Å². The second-order valence-electron chi connectivity index (χ2n) is 9.04. The number of ether oxygens (including phenoxy) is 1. The molecule has 176 valence electrons. The van der Waals surface area contributed by atoms with Crippen molar-refractivity contribution in [3.63, 3.8) is 0 Å². The van der Waals surface area contributed by atoms with E-state index in [0.717, 1.165) is 32.5 Å². The van der Waals surface area contributed by atoms with Crippen LogP contribution in [0.2, 0.25) is 0 Å². The Kier molecular flexibility index (Phi) is 17.2. The molecule has 0 fully saturated rings. The smallest absolute Gasteiger partial charge is 0.0716 e. The molecular formula is C29H48O2. The Morgan fingerprint density at radius 2 is 1.32 bits per heavy atom. The van der Waals surface area contributed by atoms with Crippen LogP contribution < -0.4 is 0 Å². The lowest BCUT2D eigenvalue weighted by atomic mass is 9.86. The van der Waals surface area contributed by atoms with E-state index in [1.165, 1.54) is 69.8 Å². The van der Waals surface area contributed by atoms with E-state index in [1.54, 1.807) is 0 Å². The number of aliphatic hydroxyl groups is 1. The largest absolute Gasteiger partial charge is 0.396 e. The number of unbranched alkanes of at least 4 members (excludes halogenated alkanes) is 10. The monoisotopic (exact) mass is 428 g/mol. The first-order chi connectivity index (χ1) is 15.2. The topological polar surface area (TPSA) is 29.5 Å². The Morgan fingerprint density at radius 1 is 0.774 bits per heavy atom. The molecule has 0 bridgehead atoms. The van der Waals surface area contributed by atoms with Gasteiger partial charge in [-0.25, -0.2) is 0 Å². The van der Waals surface area contributed by atoms with Crippen molar-refractivity contribution in [2.75, 3.05) is 13.2 Å². The van der Waals surface area contributed by atoms with E-state index in [-0.39, 0.29) is 5.41 Å². The molecular weight excluding hydrogens is 380 g/mol. The Balaban J connectivity index is 2.00. The van der Waals surface area contributed by atoms with Crippen LogP contribution in [0.25, 0.3) is 0 Å². The summed E-state index contributed by atoms with van der Waals surface area (Å²) >= 11 is 0. The Bertz CT molecular complexity index is 563. The molecule has 31 heavy (non-hydrogen) atoms. The van der Waals surface area contributed by atoms with Gasteiger partial charge in [0.2, 0.25) is 0 Å². The zero-order valence-electron chi connectivity index (χ0n) is 20.4. The average Bonchev–Trinajstić information content (AvgIpc) is 2.80. The van der Waals surface area contributed by atoms with Crippen LogP contribution in [0.15, 0.2) is 54.6 Å². The SMILES string of the molecule is CCC(C)(/C=C\CCCCCCCO)/C=C\CCCCCCCOCc1ccccc1. The summed E-state index contributed by atoms with van der Waals surface area (Å²) in [6.07, 6.45) is 25.4. The Labute approximate surface area is 192 Å². The normalized spacial score (nSPS) is 13.9. The van der Waals surface area contributed by atoms with E-state index in [1.807, 2.05) is 6.07 Å². The van der Waals surface area contributed by atoms with Crippen LogP contribution in [0, 0.1) is 5.41 Å². The van der Waals surface area contributed by atoms with Crippen molar-refractivity contribution in [3.8, 4) is 0 Å². The molecule has 0 heterocycles. The first-order valence-corrected chi connectivity index (χ1v) is 12.8. The number of hydrogen-bond acceptors (Lipinski definition) is 2. The molecule has 2 heteroatoms. The van der Waals surface area contributed by atoms with Gasteiger partial charge in [0.05, 0.1) is 6.61 Å². The predicted octanol–water partition coefficient (Wildman–Crippen LogP) is 8.41. The minimum absolute atomic E-state index is 0.201. The molecule has 0 saturated heterocycles. The molecule has 0 aliphatic rings. The van der Waals surface area contributed by atoms with Crippen LogP contribution in [0.3, 0.4) is 0 Å². The first-order valence-electron chi connectivity index (χ1n) is 12.8. The number of hydrogen-bond donors (Lipinski definition) is 1. The zero-order valence-corrected chi connectivity index (χ0v) is 20.4. The van der Waals surface area contributed by atoms with Crippen LogP contribution in [0.4, 0.5) is 0 Å². The second kappa shape index (κ2) is 19.3. The van der Waals surface area contributed by atoms with E-state index in [4.69, 9.17) is 9.84 Å². The summed E-state index contributed by atoms with van der Waals surface area (Å²) in [6, 6.07) is 10.4. The molecule has 0 aliphatic carbocycles. The van der Waals surface area contributed by atoms with Gasteiger partial charge < -0.3 is 9.84 Å². The summed E-state index contributed by atoms with van der Waals surface area (Å²) in [4.78, 5) is 0. The molecule has 1 aromatic rings. The number of rotatable bonds is 20. The van der Waals surface area contributed by atoms with Crippen LogP contribution in [-0.4, -0.2) is 18.3 Å². The van der Waals surface area contributed by atoms with Crippen molar-refractivity contribution in [2.24, 2.45) is 5.41 Å². The van der Waals surface area contributed by atoms with Crippen molar-refractivity contribution in [1.29, 1.82) is 0 Å². The fraction of sp³-hybridized carbons (Fsp3) is 0.655. The zero-order chi connectivity index (χ0) is 22.5. The van der Waals surface area contributed by atoms with Gasteiger partial charge in [0, 0.05) is 18.6 Å². The average molecular weight is 429 g/mol. The van der Waals surface area contributed by atoms with Crippen molar-refractivity contribution >= 4 is 0 Å². The molecule has 0 amide bonds. The molecule has 1 aromatic carbocycles. The lowest BCUT2D eigenvalue weighted by molar-refractivity contribution is 0.116. The lowest BCUT2D eigenvalue weighted by Crippen LogP contribution is -2.07. The summed E-state index contributed by atoms with van der Waals surface area (Å²) in [5, 5.41) is 8.81. The van der Waals surface area contributed by atoms with Gasteiger partial charge in [0.1, 0.15) is 0 Å². The van der Waals surface area contributed by atoms with Gasteiger partial charge in [-0.05, 0) is 50.5 Å². The van der Waals surface area contributed by atoms with Crippen LogP contribution in [0.1, 0.15) is 103 Å². The maximum absolute atomic E-state index is 8.81. The highest BCUT2D eigenvalue weighted by atomic mass is 16.5. The van der Waals surface area contributed by atoms with Gasteiger partial charge in [-0.15, -0.1) is 0 Å². The number of allylic oxidation sites excluding steroid dienone is 4. The highest BCUT2D eigenvalue weighted by molar-refractivity contribution is 5.13. The van der Waals surface area contributed by atoms with Crippen molar-refractivity contribution < 1.29 is 9.84 Å². The van der Waals surface area contributed by atoms with E-state index >= 15 is 0 Å². The summed E-state index contributed by atoms with van der Waals surface area (Å²) < 4.78 is 5.76. The molecule has 0 radical (unpaired) electrons. The first kappa shape index (κ1) is 27.7. The van der Waals surface area contributed by atoms with Crippen molar-refractivity contribution in [3.05, 3.63) is 60.2 Å². The second-order valence-corrected chi connectivity index (χ2v) is 9.04. The summed E-state index contributed by atoms with van der Waals surface area (Å²) in [6.45, 7) is 6.57. The predicted molar refractivity (Wildman–Crippen MR) is 135 cm³/mol. The summed E-state index contributed by atoms with van der Waals surface area (Å²) in [5.74, 6) is 0. The highest BCUT2D eigenvalue weighted by Gasteiger charge is 2.13. The minimum atomic E-state index is 0.201. The van der Waals surface area contributed by atoms with Gasteiger partial charge in [-0.2, -0.15) is 0 Å². The number of aliphatic hydroxyl groups excluding tert-OH is 1. The molecule has 0 aliphatic heterocycles. The van der Waals surface area contributed by atoms with Gasteiger partial charge in [-0.3, -0.25) is 0 Å². The quantitative estimate of drug-likeness (QED) is 0.167. The van der Waals surface area contributed by atoms with Crippen LogP contribution in [0.5, 0.6) is 0 Å². The third-order valence-corrected chi connectivity index (χ3v) is 6.06. The highest BCUT2D eigenvalue weighted by Crippen LogP contribution is 2.26. The third-order valence-electron chi connectivity index (χ3n) is 6.06. The minimum Gasteiger partial charge on any atom is -0.396 e. The van der Waals surface area contributed by atoms with Crippen LogP contribution >= 0.6 is 0 Å². The standard InChI is InChI=1S/C29H48O2/c1-3-29(2,23-17-10-6-4-8-12-19-25-30)24-18-11-7-5-9-13-20-26-31-27-28-21-15-14-16-22-28/h14-18,21-24,30H,3-13,19-20,25-27H2,1-2H3/b23-17-,24-18-. The molecule has 2 nitrogen and oxygen atoms in total. The maximum atomic E-state index is 8.81. The van der Waals surface area contributed by atoms with Gasteiger partial charge in [0.25, 0.3) is 0 Å². The lowest BCUT2D eigenvalue weighted by Gasteiger charge is -2.19. The molecule has 0 aromatic heterocycles. The summed E-state index contributed by atoms with van der Waals surface area (Å²) in [5.41, 5.74) is 1.46. The molecule has 1 atom stereocenters. The Morgan fingerprint density at radius 3 is 1.90 bits per heavy atom. The molecule has 1 N–H and O–H groups in total. The van der Waals surface area contributed by atoms with Crippen molar-refractivity contribution in [1.82, 2.24) is 0 Å². The van der Waals surface area contributed by atoms with Gasteiger partial charge in [0.15, 0.2) is 0 Å².